The first kappa shape index (κ1) is 12.7. The van der Waals surface area contributed by atoms with E-state index in [2.05, 4.69) is 12.1 Å². The maximum Gasteiger partial charge on any atom is 0.169 e. The monoisotopic (exact) mass is 260 g/mol. The number of aryl methyl sites for hydroxylation is 2. The third-order valence-corrected chi connectivity index (χ3v) is 4.01. The summed E-state index contributed by atoms with van der Waals surface area (Å²) in [6.45, 7) is 2.46. The average Bonchev–Trinajstić information content (AvgIpc) is 2.44. The number of ether oxygens (including phenoxy) is 2. The summed E-state index contributed by atoms with van der Waals surface area (Å²) < 4.78 is 11.3. The maximum absolute atomic E-state index is 11.4. The van der Waals surface area contributed by atoms with Crippen molar-refractivity contribution in [3.05, 3.63) is 29.3 Å². The Morgan fingerprint density at radius 2 is 2.00 bits per heavy atom. The van der Waals surface area contributed by atoms with Crippen molar-refractivity contribution in [3.63, 3.8) is 0 Å². The summed E-state index contributed by atoms with van der Waals surface area (Å²) in [6, 6.07) is 6.33. The number of ketones is 1. The lowest BCUT2D eigenvalue weighted by atomic mass is 9.89. The molecule has 19 heavy (non-hydrogen) atoms. The number of fused-ring (bicyclic) bond motifs is 1. The molecule has 0 aromatic heterocycles. The molecule has 3 rings (SSSR count). The Morgan fingerprint density at radius 3 is 2.74 bits per heavy atom. The highest BCUT2D eigenvalue weighted by molar-refractivity contribution is 5.90. The largest absolute Gasteiger partial charge is 0.487 e. The van der Waals surface area contributed by atoms with Gasteiger partial charge in [0.15, 0.2) is 11.9 Å². The van der Waals surface area contributed by atoms with Crippen molar-refractivity contribution in [2.75, 3.05) is 6.61 Å². The van der Waals surface area contributed by atoms with Crippen LogP contribution in [0.5, 0.6) is 5.75 Å². The van der Waals surface area contributed by atoms with Crippen LogP contribution < -0.4 is 4.74 Å². The fourth-order valence-corrected chi connectivity index (χ4v) is 2.91. The normalized spacial score (nSPS) is 25.6. The second-order valence-corrected chi connectivity index (χ2v) is 5.34. The first-order valence-electron chi connectivity index (χ1n) is 7.20. The molecule has 2 unspecified atom stereocenters. The second-order valence-electron chi connectivity index (χ2n) is 5.34. The van der Waals surface area contributed by atoms with Gasteiger partial charge in [0.05, 0.1) is 0 Å². The van der Waals surface area contributed by atoms with Crippen LogP contribution in [-0.2, 0) is 22.4 Å². The smallest absolute Gasteiger partial charge is 0.169 e. The second kappa shape index (κ2) is 5.33. The summed E-state index contributed by atoms with van der Waals surface area (Å²) in [4.78, 5) is 11.4. The van der Waals surface area contributed by atoms with Crippen molar-refractivity contribution in [2.24, 2.45) is 0 Å². The summed E-state index contributed by atoms with van der Waals surface area (Å²) in [6.07, 6.45) is 4.89. The molecule has 0 spiro atoms. The Kier molecular flexibility index (Phi) is 3.56. The first-order chi connectivity index (χ1) is 9.28. The average molecular weight is 260 g/mol. The van der Waals surface area contributed by atoms with E-state index in [1.54, 1.807) is 0 Å². The molecule has 2 atom stereocenters. The van der Waals surface area contributed by atoms with Crippen LogP contribution in [0, 0.1) is 0 Å². The molecule has 1 saturated carbocycles. The molecule has 0 saturated heterocycles. The van der Waals surface area contributed by atoms with Gasteiger partial charge in [0.25, 0.3) is 0 Å². The molecular formula is C16H20O3. The SMILES string of the molecule is CCOC1C(=O)CC1Oc1ccc2c(c1)CCCC2. The molecular weight excluding hydrogens is 240 g/mol. The van der Waals surface area contributed by atoms with E-state index in [4.69, 9.17) is 9.47 Å². The summed E-state index contributed by atoms with van der Waals surface area (Å²) in [7, 11) is 0. The van der Waals surface area contributed by atoms with Gasteiger partial charge >= 0.3 is 0 Å². The number of hydrogen-bond donors (Lipinski definition) is 0. The van der Waals surface area contributed by atoms with Crippen LogP contribution in [0.15, 0.2) is 18.2 Å². The Labute approximate surface area is 113 Å². The van der Waals surface area contributed by atoms with E-state index in [1.807, 2.05) is 13.0 Å². The van der Waals surface area contributed by atoms with E-state index in [1.165, 1.54) is 30.4 Å². The van der Waals surface area contributed by atoms with E-state index in [0.29, 0.717) is 13.0 Å². The van der Waals surface area contributed by atoms with E-state index in [0.717, 1.165) is 12.2 Å². The van der Waals surface area contributed by atoms with Crippen molar-refractivity contribution in [3.8, 4) is 5.75 Å². The lowest BCUT2D eigenvalue weighted by Crippen LogP contribution is -2.52. The Bertz CT molecular complexity index is 481. The van der Waals surface area contributed by atoms with Crippen LogP contribution in [0.2, 0.25) is 0 Å². The molecule has 1 fully saturated rings. The molecule has 3 heteroatoms. The molecule has 1 aromatic rings. The predicted molar refractivity (Wildman–Crippen MR) is 72.5 cm³/mol. The van der Waals surface area contributed by atoms with Gasteiger partial charge < -0.3 is 9.47 Å². The number of carbonyl (C=O) groups excluding carboxylic acids is 1. The summed E-state index contributed by atoms with van der Waals surface area (Å²) in [5.41, 5.74) is 2.85. The highest BCUT2D eigenvalue weighted by Gasteiger charge is 2.42. The van der Waals surface area contributed by atoms with Crippen molar-refractivity contribution in [1.82, 2.24) is 0 Å². The summed E-state index contributed by atoms with van der Waals surface area (Å²) in [5.74, 6) is 1.03. The lowest BCUT2D eigenvalue weighted by Gasteiger charge is -2.34. The maximum atomic E-state index is 11.4. The van der Waals surface area contributed by atoms with Gasteiger partial charge in [-0.2, -0.15) is 0 Å². The minimum absolute atomic E-state index is 0.103. The third kappa shape index (κ3) is 2.52. The number of rotatable bonds is 4. The van der Waals surface area contributed by atoms with Gasteiger partial charge in [-0.15, -0.1) is 0 Å². The van der Waals surface area contributed by atoms with Crippen LogP contribution in [0.25, 0.3) is 0 Å². The fourth-order valence-electron chi connectivity index (χ4n) is 2.91. The lowest BCUT2D eigenvalue weighted by molar-refractivity contribution is -0.154. The number of Topliss-reactive ketones (excluding diaryl/α,β-unsaturated/α-hetero) is 1. The van der Waals surface area contributed by atoms with Crippen LogP contribution in [0.1, 0.15) is 37.3 Å². The summed E-state index contributed by atoms with van der Waals surface area (Å²) >= 11 is 0. The van der Waals surface area contributed by atoms with Gasteiger partial charge in [0.1, 0.15) is 11.9 Å². The zero-order valence-electron chi connectivity index (χ0n) is 11.4. The predicted octanol–water partition coefficient (Wildman–Crippen LogP) is 2.69. The van der Waals surface area contributed by atoms with Gasteiger partial charge in [-0.3, -0.25) is 4.79 Å². The van der Waals surface area contributed by atoms with Gasteiger partial charge in [-0.25, -0.2) is 0 Å². The van der Waals surface area contributed by atoms with E-state index < -0.39 is 0 Å². The molecule has 102 valence electrons. The number of hydrogen-bond acceptors (Lipinski definition) is 3. The molecule has 0 aliphatic heterocycles. The van der Waals surface area contributed by atoms with Gasteiger partial charge in [-0.05, 0) is 55.9 Å². The molecule has 0 heterocycles. The van der Waals surface area contributed by atoms with Gasteiger partial charge in [-0.1, -0.05) is 6.07 Å². The molecule has 0 bridgehead atoms. The minimum Gasteiger partial charge on any atom is -0.487 e. The van der Waals surface area contributed by atoms with E-state index in [-0.39, 0.29) is 18.0 Å². The van der Waals surface area contributed by atoms with E-state index in [9.17, 15) is 4.79 Å². The Morgan fingerprint density at radius 1 is 1.21 bits per heavy atom. The number of carbonyl (C=O) groups is 1. The summed E-state index contributed by atoms with van der Waals surface area (Å²) in [5, 5.41) is 0. The van der Waals surface area contributed by atoms with E-state index >= 15 is 0 Å². The molecule has 0 radical (unpaired) electrons. The van der Waals surface area contributed by atoms with Crippen LogP contribution in [-0.4, -0.2) is 24.6 Å². The minimum atomic E-state index is -0.360. The van der Waals surface area contributed by atoms with Gasteiger partial charge in [0.2, 0.25) is 0 Å². The first-order valence-corrected chi connectivity index (χ1v) is 7.20. The van der Waals surface area contributed by atoms with Crippen LogP contribution >= 0.6 is 0 Å². The highest BCUT2D eigenvalue weighted by Crippen LogP contribution is 2.29. The molecule has 1 aromatic carbocycles. The molecule has 0 N–H and O–H groups in total. The molecule has 2 aliphatic carbocycles. The zero-order valence-corrected chi connectivity index (χ0v) is 11.4. The van der Waals surface area contributed by atoms with Crippen LogP contribution in [0.4, 0.5) is 0 Å². The molecule has 3 nitrogen and oxygen atoms in total. The van der Waals surface area contributed by atoms with Crippen molar-refractivity contribution in [2.45, 2.75) is 51.2 Å². The van der Waals surface area contributed by atoms with Gasteiger partial charge in [0, 0.05) is 13.0 Å². The Hall–Kier alpha value is -1.35. The highest BCUT2D eigenvalue weighted by atomic mass is 16.5. The van der Waals surface area contributed by atoms with Crippen molar-refractivity contribution < 1.29 is 14.3 Å². The standard InChI is InChI=1S/C16H20O3/c1-2-18-16-14(17)10-15(16)19-13-8-7-11-5-3-4-6-12(11)9-13/h7-9,15-16H,2-6,10H2,1H3. The molecule has 0 amide bonds. The van der Waals surface area contributed by atoms with Crippen molar-refractivity contribution >= 4 is 5.78 Å². The zero-order chi connectivity index (χ0) is 13.2. The molecule has 2 aliphatic rings. The topological polar surface area (TPSA) is 35.5 Å². The fraction of sp³-hybridized carbons (Fsp3) is 0.562. The van der Waals surface area contributed by atoms with Crippen molar-refractivity contribution in [1.29, 1.82) is 0 Å². The quantitative estimate of drug-likeness (QED) is 0.835. The number of benzene rings is 1. The van der Waals surface area contributed by atoms with Crippen LogP contribution in [0.3, 0.4) is 0 Å². The third-order valence-electron chi connectivity index (χ3n) is 4.01. The Balaban J connectivity index is 1.68.